The van der Waals surface area contributed by atoms with Crippen molar-refractivity contribution in [2.24, 2.45) is 0 Å². The molecule has 0 radical (unpaired) electrons. The van der Waals surface area contributed by atoms with E-state index in [0.29, 0.717) is 23.9 Å². The lowest BCUT2D eigenvalue weighted by Crippen LogP contribution is -2.48. The minimum absolute atomic E-state index is 0.157. The van der Waals surface area contributed by atoms with Gasteiger partial charge in [0.15, 0.2) is 0 Å². The van der Waals surface area contributed by atoms with Gasteiger partial charge in [0.1, 0.15) is 11.6 Å². The quantitative estimate of drug-likeness (QED) is 0.566. The summed E-state index contributed by atoms with van der Waals surface area (Å²) in [6.07, 6.45) is 6.00. The molecule has 3 N–H and O–H groups in total. The van der Waals surface area contributed by atoms with Gasteiger partial charge >= 0.3 is 0 Å². The number of pyridine rings is 1. The number of fused-ring (bicyclic) bond motifs is 2. The molecule has 0 aliphatic carbocycles. The molecule has 166 valence electrons. The van der Waals surface area contributed by atoms with Gasteiger partial charge in [-0.1, -0.05) is 42.5 Å². The van der Waals surface area contributed by atoms with Gasteiger partial charge in [0.05, 0.1) is 5.69 Å². The first-order valence-corrected chi connectivity index (χ1v) is 11.7. The lowest BCUT2D eigenvalue weighted by molar-refractivity contribution is 0.109. The lowest BCUT2D eigenvalue weighted by Gasteiger charge is -2.39. The average Bonchev–Trinajstić information content (AvgIpc) is 3.03. The number of piperidine rings is 1. The van der Waals surface area contributed by atoms with Crippen molar-refractivity contribution < 1.29 is 4.39 Å². The number of hydrogen-bond acceptors (Lipinski definition) is 4. The summed E-state index contributed by atoms with van der Waals surface area (Å²) in [5, 5.41) is 3.81. The molecule has 0 saturated carbocycles. The van der Waals surface area contributed by atoms with Crippen LogP contribution in [0.25, 0.3) is 11.3 Å². The van der Waals surface area contributed by atoms with Crippen molar-refractivity contribution in [2.75, 3.05) is 12.3 Å². The molecule has 32 heavy (non-hydrogen) atoms. The van der Waals surface area contributed by atoms with E-state index in [1.54, 1.807) is 12.1 Å². The van der Waals surface area contributed by atoms with Gasteiger partial charge < -0.3 is 11.1 Å². The smallest absolute Gasteiger partial charge is 0.124 e. The molecule has 2 fully saturated rings. The Labute approximate surface area is 189 Å². The maximum atomic E-state index is 13.2. The van der Waals surface area contributed by atoms with Crippen LogP contribution in [0.3, 0.4) is 0 Å². The van der Waals surface area contributed by atoms with Crippen LogP contribution >= 0.6 is 0 Å². The normalized spacial score (nSPS) is 22.8. The standard InChI is InChI=1S/C27H31FN4/c28-22-10-6-20(7-11-22)18-32-24-12-13-25(32)17-23(16-24)30-15-14-19-4-8-21(9-5-19)26-2-1-3-27(29)31-26/h1-11,23-25,30H,12-18H2,(H2,29,31). The Bertz CT molecular complexity index is 1020. The number of rotatable bonds is 7. The molecule has 4 nitrogen and oxygen atoms in total. The minimum atomic E-state index is -0.157. The molecular formula is C27H31FN4. The summed E-state index contributed by atoms with van der Waals surface area (Å²) in [5.41, 5.74) is 10.4. The average molecular weight is 431 g/mol. The fourth-order valence-electron chi connectivity index (χ4n) is 5.37. The van der Waals surface area contributed by atoms with Crippen molar-refractivity contribution in [3.05, 3.63) is 83.7 Å². The Morgan fingerprint density at radius 2 is 1.59 bits per heavy atom. The summed E-state index contributed by atoms with van der Waals surface area (Å²) >= 11 is 0. The van der Waals surface area contributed by atoms with E-state index in [-0.39, 0.29) is 5.82 Å². The van der Waals surface area contributed by atoms with E-state index in [4.69, 9.17) is 5.73 Å². The molecular weight excluding hydrogens is 399 g/mol. The van der Waals surface area contributed by atoms with Gasteiger partial charge in [0, 0.05) is 30.2 Å². The highest BCUT2D eigenvalue weighted by Gasteiger charge is 2.40. The van der Waals surface area contributed by atoms with Crippen LogP contribution in [0.1, 0.15) is 36.8 Å². The van der Waals surface area contributed by atoms with Crippen LogP contribution in [0, 0.1) is 5.82 Å². The number of nitrogen functional groups attached to an aromatic ring is 1. The van der Waals surface area contributed by atoms with Crippen molar-refractivity contribution in [1.82, 2.24) is 15.2 Å². The van der Waals surface area contributed by atoms with Gasteiger partial charge in [-0.25, -0.2) is 9.37 Å². The van der Waals surface area contributed by atoms with E-state index >= 15 is 0 Å². The summed E-state index contributed by atoms with van der Waals surface area (Å²) in [5.74, 6) is 0.393. The number of hydrogen-bond donors (Lipinski definition) is 2. The molecule has 2 aromatic carbocycles. The second-order valence-electron chi connectivity index (χ2n) is 9.20. The first-order chi connectivity index (χ1) is 15.6. The zero-order valence-corrected chi connectivity index (χ0v) is 18.4. The van der Waals surface area contributed by atoms with Gasteiger partial charge in [-0.05, 0) is 74.0 Å². The van der Waals surface area contributed by atoms with Crippen molar-refractivity contribution >= 4 is 5.82 Å². The van der Waals surface area contributed by atoms with Crippen molar-refractivity contribution in [3.63, 3.8) is 0 Å². The van der Waals surface area contributed by atoms with Gasteiger partial charge in [0.25, 0.3) is 0 Å². The van der Waals surface area contributed by atoms with Gasteiger partial charge in [-0.2, -0.15) is 0 Å². The molecule has 2 bridgehead atoms. The Morgan fingerprint density at radius 3 is 2.28 bits per heavy atom. The van der Waals surface area contributed by atoms with E-state index < -0.39 is 0 Å². The maximum Gasteiger partial charge on any atom is 0.124 e. The van der Waals surface area contributed by atoms with E-state index in [1.807, 2.05) is 30.3 Å². The Balaban J connectivity index is 1.11. The predicted molar refractivity (Wildman–Crippen MR) is 128 cm³/mol. The van der Waals surface area contributed by atoms with E-state index in [9.17, 15) is 4.39 Å². The topological polar surface area (TPSA) is 54.2 Å². The van der Waals surface area contributed by atoms with Crippen LogP contribution in [0.4, 0.5) is 10.2 Å². The van der Waals surface area contributed by atoms with Crippen LogP contribution in [0.5, 0.6) is 0 Å². The zero-order valence-electron chi connectivity index (χ0n) is 18.4. The monoisotopic (exact) mass is 430 g/mol. The van der Waals surface area contributed by atoms with Gasteiger partial charge in [0.2, 0.25) is 0 Å². The molecule has 3 aromatic rings. The van der Waals surface area contributed by atoms with E-state index in [1.165, 1.54) is 36.8 Å². The third-order valence-electron chi connectivity index (χ3n) is 7.03. The number of halogens is 1. The third-order valence-corrected chi connectivity index (χ3v) is 7.03. The third kappa shape index (κ3) is 4.84. The van der Waals surface area contributed by atoms with Crippen molar-refractivity contribution in [2.45, 2.75) is 56.8 Å². The summed E-state index contributed by atoms with van der Waals surface area (Å²) < 4.78 is 13.2. The van der Waals surface area contributed by atoms with Crippen LogP contribution in [-0.4, -0.2) is 34.6 Å². The summed E-state index contributed by atoms with van der Waals surface area (Å²) in [6, 6.07) is 23.2. The lowest BCUT2D eigenvalue weighted by atomic mass is 9.96. The first-order valence-electron chi connectivity index (χ1n) is 11.7. The second kappa shape index (κ2) is 9.39. The predicted octanol–water partition coefficient (Wildman–Crippen LogP) is 4.80. The highest BCUT2D eigenvalue weighted by atomic mass is 19.1. The molecule has 5 rings (SSSR count). The summed E-state index contributed by atoms with van der Waals surface area (Å²) in [7, 11) is 0. The van der Waals surface area contributed by atoms with Crippen molar-refractivity contribution in [1.29, 1.82) is 0 Å². The van der Waals surface area contributed by atoms with Gasteiger partial charge in [-0.15, -0.1) is 0 Å². The Morgan fingerprint density at radius 1 is 0.906 bits per heavy atom. The fourth-order valence-corrected chi connectivity index (χ4v) is 5.37. The van der Waals surface area contributed by atoms with Crippen LogP contribution < -0.4 is 11.1 Å². The van der Waals surface area contributed by atoms with Crippen molar-refractivity contribution in [3.8, 4) is 11.3 Å². The molecule has 3 heterocycles. The van der Waals surface area contributed by atoms with E-state index in [2.05, 4.69) is 39.5 Å². The van der Waals surface area contributed by atoms with Crippen LogP contribution in [0.15, 0.2) is 66.7 Å². The fraction of sp³-hybridized carbons (Fsp3) is 0.370. The highest BCUT2D eigenvalue weighted by Crippen LogP contribution is 2.36. The Kier molecular flexibility index (Phi) is 6.19. The SMILES string of the molecule is Nc1cccc(-c2ccc(CCNC3CC4CCC(C3)N4Cc3ccc(F)cc3)cc2)n1. The molecule has 0 spiro atoms. The molecule has 2 saturated heterocycles. The molecule has 0 amide bonds. The number of nitrogens with zero attached hydrogens (tertiary/aromatic N) is 2. The highest BCUT2D eigenvalue weighted by molar-refractivity contribution is 5.61. The number of anilines is 1. The van der Waals surface area contributed by atoms with Crippen LogP contribution in [-0.2, 0) is 13.0 Å². The van der Waals surface area contributed by atoms with Crippen LogP contribution in [0.2, 0.25) is 0 Å². The first kappa shape index (κ1) is 21.1. The molecule has 2 aliphatic rings. The van der Waals surface area contributed by atoms with Gasteiger partial charge in [-0.3, -0.25) is 4.90 Å². The molecule has 2 aliphatic heterocycles. The summed E-state index contributed by atoms with van der Waals surface area (Å²) in [4.78, 5) is 7.04. The number of aromatic nitrogens is 1. The zero-order chi connectivity index (χ0) is 21.9. The minimum Gasteiger partial charge on any atom is -0.384 e. The second-order valence-corrected chi connectivity index (χ2v) is 9.20. The number of benzene rings is 2. The molecule has 5 heteroatoms. The maximum absolute atomic E-state index is 13.2. The summed E-state index contributed by atoms with van der Waals surface area (Å²) in [6.45, 7) is 1.94. The molecule has 1 aromatic heterocycles. The Hall–Kier alpha value is -2.76. The molecule has 2 atom stereocenters. The number of nitrogens with two attached hydrogens (primary N) is 1. The largest absolute Gasteiger partial charge is 0.384 e. The molecule has 2 unspecified atom stereocenters. The van der Waals surface area contributed by atoms with E-state index in [0.717, 1.165) is 30.8 Å². The number of nitrogens with one attached hydrogen (secondary N) is 1.